The summed E-state index contributed by atoms with van der Waals surface area (Å²) >= 11 is 0. The van der Waals surface area contributed by atoms with Crippen molar-refractivity contribution in [3.05, 3.63) is 53.1 Å². The predicted molar refractivity (Wildman–Crippen MR) is 117 cm³/mol. The molecule has 2 aromatic rings. The molecule has 6 rings (SSSR count). The van der Waals surface area contributed by atoms with Crippen LogP contribution in [0.4, 0.5) is 0 Å². The number of ether oxygens (including phenoxy) is 3. The molecule has 2 unspecified atom stereocenters. The molecule has 4 aliphatic rings. The number of hydrogen-bond acceptors (Lipinski definition) is 4. The van der Waals surface area contributed by atoms with Gasteiger partial charge in [0, 0.05) is 12.0 Å². The molecule has 0 saturated heterocycles. The van der Waals surface area contributed by atoms with Crippen LogP contribution in [-0.2, 0) is 16.6 Å². The first kappa shape index (κ1) is 19.0. The van der Waals surface area contributed by atoms with Gasteiger partial charge in [0.25, 0.3) is 0 Å². The van der Waals surface area contributed by atoms with Crippen LogP contribution in [0.25, 0.3) is 0 Å². The number of para-hydroxylation sites is 1. The van der Waals surface area contributed by atoms with Gasteiger partial charge in [0.05, 0.1) is 12.0 Å². The summed E-state index contributed by atoms with van der Waals surface area (Å²) in [4.78, 5) is 15.9. The number of amides is 1. The molecule has 31 heavy (non-hydrogen) atoms. The van der Waals surface area contributed by atoms with Crippen LogP contribution >= 0.6 is 0 Å². The minimum absolute atomic E-state index is 0.0155. The highest BCUT2D eigenvalue weighted by Gasteiger charge is 2.47. The summed E-state index contributed by atoms with van der Waals surface area (Å²) in [7, 11) is 0. The van der Waals surface area contributed by atoms with Crippen molar-refractivity contribution in [2.45, 2.75) is 50.5 Å². The van der Waals surface area contributed by atoms with Gasteiger partial charge in [-0.05, 0) is 61.1 Å². The summed E-state index contributed by atoms with van der Waals surface area (Å²) < 4.78 is 17.8. The summed E-state index contributed by atoms with van der Waals surface area (Å²) in [6.45, 7) is 4.58. The fraction of sp³-hybridized carbons (Fsp3) is 0.500. The second kappa shape index (κ2) is 7.18. The van der Waals surface area contributed by atoms with Crippen LogP contribution in [-0.4, -0.2) is 37.2 Å². The Hall–Kier alpha value is -2.69. The highest BCUT2D eigenvalue weighted by Crippen LogP contribution is 2.52. The lowest BCUT2D eigenvalue weighted by atomic mass is 9.71. The molecule has 0 bridgehead atoms. The zero-order chi connectivity index (χ0) is 21.0. The van der Waals surface area contributed by atoms with Crippen LogP contribution in [0.5, 0.6) is 17.2 Å². The van der Waals surface area contributed by atoms with Gasteiger partial charge >= 0.3 is 0 Å². The summed E-state index contributed by atoms with van der Waals surface area (Å²) in [5.41, 5.74) is 3.76. The molecule has 3 aliphatic heterocycles. The molecule has 1 amide bonds. The smallest absolute Gasteiger partial charge is 0.230 e. The molecule has 2 aromatic carbocycles. The van der Waals surface area contributed by atoms with Gasteiger partial charge in [0.2, 0.25) is 5.91 Å². The van der Waals surface area contributed by atoms with E-state index >= 15 is 0 Å². The lowest BCUT2D eigenvalue weighted by Gasteiger charge is -2.47. The first-order valence-corrected chi connectivity index (χ1v) is 11.6. The van der Waals surface area contributed by atoms with E-state index in [0.29, 0.717) is 19.8 Å². The molecule has 1 fully saturated rings. The topological polar surface area (TPSA) is 48.0 Å². The van der Waals surface area contributed by atoms with Gasteiger partial charge in [-0.1, -0.05) is 31.0 Å². The number of carbonyl (C=O) groups is 1. The molecule has 2 atom stereocenters. The van der Waals surface area contributed by atoms with Crippen molar-refractivity contribution in [1.82, 2.24) is 4.90 Å². The van der Waals surface area contributed by atoms with Gasteiger partial charge < -0.3 is 19.1 Å². The van der Waals surface area contributed by atoms with Crippen LogP contribution in [0, 0.1) is 5.92 Å². The maximum Gasteiger partial charge on any atom is 0.230 e. The SMILES string of the molecule is CC1c2cc3c(cc2C2(CCCC2)CN1C(=O)C1COc2ccccc2C1)OCCO3. The predicted octanol–water partition coefficient (Wildman–Crippen LogP) is 4.42. The van der Waals surface area contributed by atoms with E-state index in [2.05, 4.69) is 30.0 Å². The monoisotopic (exact) mass is 419 g/mol. The van der Waals surface area contributed by atoms with Crippen molar-refractivity contribution in [3.63, 3.8) is 0 Å². The fourth-order valence-electron chi connectivity index (χ4n) is 6.09. The Labute approximate surface area is 183 Å². The van der Waals surface area contributed by atoms with Crippen LogP contribution in [0.3, 0.4) is 0 Å². The van der Waals surface area contributed by atoms with E-state index in [9.17, 15) is 4.79 Å². The van der Waals surface area contributed by atoms with E-state index in [1.165, 1.54) is 24.0 Å². The summed E-state index contributed by atoms with van der Waals surface area (Å²) in [5.74, 6) is 2.68. The number of hydrogen-bond donors (Lipinski definition) is 0. The number of nitrogens with zero attached hydrogens (tertiary/aromatic N) is 1. The van der Waals surface area contributed by atoms with E-state index in [4.69, 9.17) is 14.2 Å². The van der Waals surface area contributed by atoms with E-state index in [1.807, 2.05) is 18.2 Å². The number of benzene rings is 2. The summed E-state index contributed by atoms with van der Waals surface area (Å²) in [6, 6.07) is 12.4. The molecule has 1 aliphatic carbocycles. The lowest BCUT2D eigenvalue weighted by Crippen LogP contribution is -2.51. The maximum absolute atomic E-state index is 13.8. The molecule has 162 valence electrons. The number of fused-ring (bicyclic) bond motifs is 4. The molecular formula is C26H29NO4. The quantitative estimate of drug-likeness (QED) is 0.686. The lowest BCUT2D eigenvalue weighted by molar-refractivity contribution is -0.141. The summed E-state index contributed by atoms with van der Waals surface area (Å²) in [6.07, 6.45) is 5.42. The highest BCUT2D eigenvalue weighted by molar-refractivity contribution is 5.81. The minimum atomic E-state index is -0.130. The molecule has 0 radical (unpaired) electrons. The van der Waals surface area contributed by atoms with Crippen molar-refractivity contribution < 1.29 is 19.0 Å². The molecule has 0 N–H and O–H groups in total. The first-order valence-electron chi connectivity index (χ1n) is 11.6. The second-order valence-electron chi connectivity index (χ2n) is 9.53. The number of carbonyl (C=O) groups excluding carboxylic acids is 1. The zero-order valence-corrected chi connectivity index (χ0v) is 18.1. The summed E-state index contributed by atoms with van der Waals surface area (Å²) in [5, 5.41) is 0. The van der Waals surface area contributed by atoms with Gasteiger partial charge in [-0.25, -0.2) is 0 Å². The molecular weight excluding hydrogens is 390 g/mol. The molecule has 3 heterocycles. The maximum atomic E-state index is 13.8. The Bertz CT molecular complexity index is 1030. The highest BCUT2D eigenvalue weighted by atomic mass is 16.6. The van der Waals surface area contributed by atoms with Crippen molar-refractivity contribution in [3.8, 4) is 17.2 Å². The van der Waals surface area contributed by atoms with E-state index < -0.39 is 0 Å². The van der Waals surface area contributed by atoms with Crippen LogP contribution in [0.2, 0.25) is 0 Å². The molecule has 1 spiro atoms. The Morgan fingerprint density at radius 3 is 2.55 bits per heavy atom. The fourth-order valence-corrected chi connectivity index (χ4v) is 6.09. The largest absolute Gasteiger partial charge is 0.492 e. The zero-order valence-electron chi connectivity index (χ0n) is 18.1. The first-order chi connectivity index (χ1) is 15.1. The van der Waals surface area contributed by atoms with Crippen LogP contribution in [0.1, 0.15) is 55.3 Å². The molecule has 5 heteroatoms. The number of rotatable bonds is 1. The third kappa shape index (κ3) is 3.00. The van der Waals surface area contributed by atoms with Gasteiger partial charge in [-0.2, -0.15) is 0 Å². The minimum Gasteiger partial charge on any atom is -0.492 e. The van der Waals surface area contributed by atoms with Crippen LogP contribution in [0.15, 0.2) is 36.4 Å². The van der Waals surface area contributed by atoms with E-state index in [0.717, 1.165) is 48.6 Å². The van der Waals surface area contributed by atoms with Crippen LogP contribution < -0.4 is 14.2 Å². The van der Waals surface area contributed by atoms with Gasteiger partial charge in [-0.3, -0.25) is 4.79 Å². The average molecular weight is 420 g/mol. The van der Waals surface area contributed by atoms with Crippen molar-refractivity contribution >= 4 is 5.91 Å². The Morgan fingerprint density at radius 2 is 1.74 bits per heavy atom. The van der Waals surface area contributed by atoms with E-state index in [1.54, 1.807) is 0 Å². The molecule has 0 aromatic heterocycles. The normalized spacial score (nSPS) is 25.5. The van der Waals surface area contributed by atoms with E-state index in [-0.39, 0.29) is 23.3 Å². The standard InChI is InChI=1S/C26H29NO4/c1-17-20-13-23-24(30-11-10-29-23)14-21(20)26(8-4-5-9-26)16-27(17)25(28)19-12-18-6-2-3-7-22(18)31-15-19/h2-3,6-7,13-14,17,19H,4-5,8-12,15-16H2,1H3. The Kier molecular flexibility index (Phi) is 4.41. The average Bonchev–Trinajstić information content (AvgIpc) is 3.29. The van der Waals surface area contributed by atoms with Gasteiger partial charge in [0.15, 0.2) is 11.5 Å². The van der Waals surface area contributed by atoms with Gasteiger partial charge in [0.1, 0.15) is 25.6 Å². The second-order valence-corrected chi connectivity index (χ2v) is 9.53. The Morgan fingerprint density at radius 1 is 1.00 bits per heavy atom. The Balaban J connectivity index is 1.36. The molecule has 1 saturated carbocycles. The third-order valence-electron chi connectivity index (χ3n) is 7.75. The third-order valence-corrected chi connectivity index (χ3v) is 7.75. The molecule has 5 nitrogen and oxygen atoms in total. The van der Waals surface area contributed by atoms with Crippen molar-refractivity contribution in [2.24, 2.45) is 5.92 Å². The van der Waals surface area contributed by atoms with Gasteiger partial charge in [-0.15, -0.1) is 0 Å². The van der Waals surface area contributed by atoms with Crippen molar-refractivity contribution in [1.29, 1.82) is 0 Å². The van der Waals surface area contributed by atoms with Crippen molar-refractivity contribution in [2.75, 3.05) is 26.4 Å².